The number of rotatable bonds is 5. The van der Waals surface area contributed by atoms with Crippen LogP contribution in [-0.2, 0) is 21.8 Å². The Morgan fingerprint density at radius 2 is 1.75 bits per heavy atom. The number of hydrogen-bond donors (Lipinski definition) is 1. The topological polar surface area (TPSA) is 89.0 Å². The van der Waals surface area contributed by atoms with Crippen LogP contribution in [0.1, 0.15) is 20.9 Å². The number of nitrogens with zero attached hydrogens (tertiary/aromatic N) is 2. The monoisotopic (exact) mass is 427 g/mol. The first kappa shape index (κ1) is 20.0. The minimum Gasteiger partial charge on any atom is -0.296 e. The summed E-state index contributed by atoms with van der Waals surface area (Å²) in [5, 5.41) is 7.02. The van der Waals surface area contributed by atoms with Crippen molar-refractivity contribution in [2.45, 2.75) is 16.8 Å². The van der Waals surface area contributed by atoms with Crippen molar-refractivity contribution in [1.82, 2.24) is 10.2 Å². The van der Waals surface area contributed by atoms with E-state index in [0.29, 0.717) is 5.56 Å². The molecule has 0 saturated carbocycles. The van der Waals surface area contributed by atoms with E-state index < -0.39 is 26.9 Å². The highest BCUT2D eigenvalue weighted by Crippen LogP contribution is 2.33. The van der Waals surface area contributed by atoms with Gasteiger partial charge in [-0.15, -0.1) is 10.2 Å². The van der Waals surface area contributed by atoms with Gasteiger partial charge in [0.2, 0.25) is 10.1 Å². The maximum Gasteiger partial charge on any atom is 0.445 e. The van der Waals surface area contributed by atoms with Crippen LogP contribution in [-0.4, -0.2) is 24.5 Å². The molecule has 0 aliphatic rings. The normalized spacial score (nSPS) is 12.0. The molecule has 0 atom stereocenters. The van der Waals surface area contributed by atoms with Crippen molar-refractivity contribution in [2.24, 2.45) is 0 Å². The molecule has 0 saturated heterocycles. The maximum atomic E-state index is 12.6. The van der Waals surface area contributed by atoms with E-state index in [0.717, 1.165) is 0 Å². The highest BCUT2D eigenvalue weighted by atomic mass is 32.2. The number of halogens is 3. The number of amides is 1. The number of carbonyl (C=O) groups excluding carboxylic acids is 1. The molecular weight excluding hydrogens is 415 g/mol. The third kappa shape index (κ3) is 4.73. The molecule has 11 heteroatoms. The number of carbonyl (C=O) groups is 1. The van der Waals surface area contributed by atoms with E-state index in [9.17, 15) is 26.4 Å². The molecule has 6 nitrogen and oxygen atoms in total. The fourth-order valence-corrected chi connectivity index (χ4v) is 4.25. The summed E-state index contributed by atoms with van der Waals surface area (Å²) >= 11 is 0.199. The zero-order valence-corrected chi connectivity index (χ0v) is 15.6. The van der Waals surface area contributed by atoms with Crippen LogP contribution in [0.4, 0.5) is 18.3 Å². The van der Waals surface area contributed by atoms with Gasteiger partial charge >= 0.3 is 6.18 Å². The van der Waals surface area contributed by atoms with Crippen LogP contribution in [0, 0.1) is 0 Å². The Kier molecular flexibility index (Phi) is 5.47. The minimum atomic E-state index is -4.65. The van der Waals surface area contributed by atoms with Crippen molar-refractivity contribution in [3.8, 4) is 0 Å². The average Bonchev–Trinajstić information content (AvgIpc) is 3.11. The Bertz CT molecular complexity index is 1100. The zero-order valence-electron chi connectivity index (χ0n) is 14.0. The summed E-state index contributed by atoms with van der Waals surface area (Å²) in [6.45, 7) is 0. The van der Waals surface area contributed by atoms with Crippen molar-refractivity contribution >= 4 is 32.2 Å². The SMILES string of the molecule is O=C(Nc1nnc(C(F)(F)F)s1)c1cccc(CS(=O)(=O)c2ccccc2)c1. The van der Waals surface area contributed by atoms with Gasteiger partial charge in [0.1, 0.15) is 0 Å². The molecule has 0 radical (unpaired) electrons. The fourth-order valence-electron chi connectivity index (χ4n) is 2.29. The van der Waals surface area contributed by atoms with E-state index in [4.69, 9.17) is 0 Å². The molecule has 0 spiro atoms. The van der Waals surface area contributed by atoms with Gasteiger partial charge in [0, 0.05) is 5.56 Å². The van der Waals surface area contributed by atoms with Gasteiger partial charge < -0.3 is 0 Å². The number of sulfone groups is 1. The van der Waals surface area contributed by atoms with Gasteiger partial charge in [0.05, 0.1) is 10.6 Å². The largest absolute Gasteiger partial charge is 0.445 e. The molecule has 1 N–H and O–H groups in total. The first-order valence-electron chi connectivity index (χ1n) is 7.74. The van der Waals surface area contributed by atoms with E-state index >= 15 is 0 Å². The van der Waals surface area contributed by atoms with Crippen molar-refractivity contribution in [3.05, 3.63) is 70.7 Å². The lowest BCUT2D eigenvalue weighted by atomic mass is 10.1. The molecule has 146 valence electrons. The summed E-state index contributed by atoms with van der Waals surface area (Å²) in [4.78, 5) is 12.4. The Morgan fingerprint density at radius 1 is 1.04 bits per heavy atom. The summed E-state index contributed by atoms with van der Waals surface area (Å²) in [7, 11) is -3.60. The molecule has 0 aliphatic carbocycles. The Hall–Kier alpha value is -2.79. The van der Waals surface area contributed by atoms with Gasteiger partial charge in [0.15, 0.2) is 9.84 Å². The second-order valence-corrected chi connectivity index (χ2v) is 8.60. The lowest BCUT2D eigenvalue weighted by molar-refractivity contribution is -0.138. The molecule has 0 fully saturated rings. The van der Waals surface area contributed by atoms with Gasteiger partial charge in [-0.2, -0.15) is 13.2 Å². The second-order valence-electron chi connectivity index (χ2n) is 5.64. The van der Waals surface area contributed by atoms with E-state index in [-0.39, 0.29) is 32.7 Å². The number of nitrogens with one attached hydrogen (secondary N) is 1. The standard InChI is InChI=1S/C17H12F3N3O3S2/c18-17(19,20)15-22-23-16(27-15)21-14(24)12-6-4-5-11(9-12)10-28(25,26)13-7-2-1-3-8-13/h1-9H,10H2,(H,21,23,24). The number of aromatic nitrogens is 2. The van der Waals surface area contributed by atoms with Crippen molar-refractivity contribution < 1.29 is 26.4 Å². The van der Waals surface area contributed by atoms with Gasteiger partial charge in [-0.1, -0.05) is 41.7 Å². The smallest absolute Gasteiger partial charge is 0.296 e. The number of alkyl halides is 3. The van der Waals surface area contributed by atoms with Gasteiger partial charge in [-0.25, -0.2) is 8.42 Å². The summed E-state index contributed by atoms with van der Waals surface area (Å²) in [5.74, 6) is -1.04. The molecule has 3 aromatic rings. The number of hydrogen-bond acceptors (Lipinski definition) is 6. The van der Waals surface area contributed by atoms with Crippen molar-refractivity contribution in [1.29, 1.82) is 0 Å². The lowest BCUT2D eigenvalue weighted by Crippen LogP contribution is -2.12. The third-order valence-corrected chi connectivity index (χ3v) is 6.12. The maximum absolute atomic E-state index is 12.6. The van der Waals surface area contributed by atoms with Crippen molar-refractivity contribution in [3.63, 3.8) is 0 Å². The van der Waals surface area contributed by atoms with Crippen molar-refractivity contribution in [2.75, 3.05) is 5.32 Å². The predicted octanol–water partition coefficient (Wildman–Crippen LogP) is 3.78. The molecule has 0 bridgehead atoms. The van der Waals surface area contributed by atoms with Crippen LogP contribution >= 0.6 is 11.3 Å². The average molecular weight is 427 g/mol. The van der Waals surface area contributed by atoms with Gasteiger partial charge in [-0.3, -0.25) is 10.1 Å². The van der Waals surface area contributed by atoms with E-state index in [1.807, 2.05) is 0 Å². The number of benzene rings is 2. The van der Waals surface area contributed by atoms with Crippen LogP contribution in [0.5, 0.6) is 0 Å². The van der Waals surface area contributed by atoms with E-state index in [1.165, 1.54) is 30.3 Å². The van der Waals surface area contributed by atoms with Crippen LogP contribution in [0.2, 0.25) is 0 Å². The minimum absolute atomic E-state index is 0.0875. The molecule has 0 aliphatic heterocycles. The van der Waals surface area contributed by atoms with Gasteiger partial charge in [-0.05, 0) is 29.8 Å². The molecular formula is C17H12F3N3O3S2. The molecule has 3 rings (SSSR count). The van der Waals surface area contributed by atoms with Gasteiger partial charge in [0.25, 0.3) is 5.91 Å². The summed E-state index contributed by atoms with van der Waals surface area (Å²) in [5.41, 5.74) is 0.453. The zero-order chi connectivity index (χ0) is 20.4. The molecule has 1 aromatic heterocycles. The first-order chi connectivity index (χ1) is 13.1. The highest BCUT2D eigenvalue weighted by Gasteiger charge is 2.35. The molecule has 1 amide bonds. The van der Waals surface area contributed by atoms with E-state index in [1.54, 1.807) is 24.3 Å². The molecule has 1 heterocycles. The quantitative estimate of drug-likeness (QED) is 0.669. The number of anilines is 1. The molecule has 0 unspecified atom stereocenters. The van der Waals surface area contributed by atoms with E-state index in [2.05, 4.69) is 15.5 Å². The van der Waals surface area contributed by atoms with Crippen LogP contribution in [0.15, 0.2) is 59.5 Å². The Balaban J connectivity index is 1.76. The van der Waals surface area contributed by atoms with Crippen LogP contribution in [0.25, 0.3) is 0 Å². The van der Waals surface area contributed by atoms with Crippen LogP contribution in [0.3, 0.4) is 0 Å². The highest BCUT2D eigenvalue weighted by molar-refractivity contribution is 7.90. The Labute approximate surface area is 162 Å². The fraction of sp³-hybridized carbons (Fsp3) is 0.118. The lowest BCUT2D eigenvalue weighted by Gasteiger charge is -2.07. The second kappa shape index (κ2) is 7.68. The predicted molar refractivity (Wildman–Crippen MR) is 96.6 cm³/mol. The third-order valence-electron chi connectivity index (χ3n) is 3.54. The summed E-state index contributed by atoms with van der Waals surface area (Å²) in [6.07, 6.45) is -4.65. The molecule has 2 aromatic carbocycles. The summed E-state index contributed by atoms with van der Waals surface area (Å²) in [6, 6.07) is 13.7. The van der Waals surface area contributed by atoms with Crippen LogP contribution < -0.4 is 5.32 Å². The molecule has 28 heavy (non-hydrogen) atoms. The Morgan fingerprint density at radius 3 is 2.39 bits per heavy atom. The first-order valence-corrected chi connectivity index (χ1v) is 10.2. The summed E-state index contributed by atoms with van der Waals surface area (Å²) < 4.78 is 62.5.